The highest BCUT2D eigenvalue weighted by atomic mass is 15.1. The van der Waals surface area contributed by atoms with Crippen LogP contribution in [0.5, 0.6) is 0 Å². The van der Waals surface area contributed by atoms with E-state index in [4.69, 9.17) is 0 Å². The van der Waals surface area contributed by atoms with Gasteiger partial charge in [-0.2, -0.15) is 0 Å². The van der Waals surface area contributed by atoms with Gasteiger partial charge in [-0.25, -0.2) is 0 Å². The van der Waals surface area contributed by atoms with Crippen molar-refractivity contribution < 1.29 is 0 Å². The molecule has 3 rings (SSSR count). The molecular weight excluding hydrogens is 410 g/mol. The van der Waals surface area contributed by atoms with Crippen molar-refractivity contribution in [3.05, 3.63) is 89.0 Å². The van der Waals surface area contributed by atoms with Gasteiger partial charge in [0.25, 0.3) is 0 Å². The first-order valence-electron chi connectivity index (χ1n) is 13.5. The van der Waals surface area contributed by atoms with Gasteiger partial charge in [-0.05, 0) is 126 Å². The molecule has 1 nitrogen and oxygen atoms in total. The van der Waals surface area contributed by atoms with E-state index in [0.29, 0.717) is 5.92 Å². The van der Waals surface area contributed by atoms with Crippen LogP contribution in [0.4, 0.5) is 0 Å². The topological polar surface area (TPSA) is 3.24 Å². The van der Waals surface area contributed by atoms with Gasteiger partial charge in [0, 0.05) is 0 Å². The van der Waals surface area contributed by atoms with Crippen LogP contribution in [0.3, 0.4) is 0 Å². The average Bonchev–Trinajstić information content (AvgIpc) is 3.34. The fraction of sp³-hybridized carbons (Fsp3) is 0.515. The number of unbranched alkanes of at least 4 members (excludes halogenated alkanes) is 1. The lowest BCUT2D eigenvalue weighted by atomic mass is 9.93. The summed E-state index contributed by atoms with van der Waals surface area (Å²) in [5.41, 5.74) is 9.58. The fourth-order valence-corrected chi connectivity index (χ4v) is 4.67. The van der Waals surface area contributed by atoms with E-state index in [1.54, 1.807) is 0 Å². The summed E-state index contributed by atoms with van der Waals surface area (Å²) in [6.07, 6.45) is 9.91. The standard InChI is InChI=1S/C17H27N.C16H22/c1-4-16-7-8-17(13-15(16)3)14(2)9-12-18-10-5-6-11-18;1-13(2)7-5-6-8-15(4)16-11-9-14(3)10-12-16/h7-8,13-14H,4-6,9-12H2,1-3H3;9-12H,1,4-8H2,2-3H3. The zero-order chi connectivity index (χ0) is 24.9. The lowest BCUT2D eigenvalue weighted by molar-refractivity contribution is 0.324. The van der Waals surface area contributed by atoms with E-state index in [1.807, 2.05) is 0 Å². The largest absolute Gasteiger partial charge is 0.303 e. The average molecular weight is 460 g/mol. The Hall–Kier alpha value is -2.12. The van der Waals surface area contributed by atoms with Gasteiger partial charge in [-0.3, -0.25) is 0 Å². The number of rotatable bonds is 11. The van der Waals surface area contributed by atoms with E-state index >= 15 is 0 Å². The second-order valence-corrected chi connectivity index (χ2v) is 10.4. The highest BCUT2D eigenvalue weighted by Crippen LogP contribution is 2.23. The SMILES string of the molecule is C=C(C)CCCCC(=C)c1ccc(C)cc1.CCc1ccc(C(C)CCN2CCCC2)cc1C. The van der Waals surface area contributed by atoms with Gasteiger partial charge in [-0.15, -0.1) is 6.58 Å². The molecule has 1 heteroatoms. The maximum absolute atomic E-state index is 4.15. The summed E-state index contributed by atoms with van der Waals surface area (Å²) in [5, 5.41) is 0. The van der Waals surface area contributed by atoms with Gasteiger partial charge in [0.2, 0.25) is 0 Å². The van der Waals surface area contributed by atoms with Crippen molar-refractivity contribution in [1.29, 1.82) is 0 Å². The maximum Gasteiger partial charge on any atom is -0.00130 e. The molecule has 1 saturated heterocycles. The molecule has 1 atom stereocenters. The van der Waals surface area contributed by atoms with Crippen LogP contribution >= 0.6 is 0 Å². The number of hydrogen-bond acceptors (Lipinski definition) is 1. The molecule has 0 N–H and O–H groups in total. The molecule has 1 heterocycles. The minimum Gasteiger partial charge on any atom is -0.303 e. The van der Waals surface area contributed by atoms with Crippen LogP contribution in [-0.4, -0.2) is 24.5 Å². The first-order valence-corrected chi connectivity index (χ1v) is 13.5. The van der Waals surface area contributed by atoms with Crippen LogP contribution < -0.4 is 0 Å². The van der Waals surface area contributed by atoms with Gasteiger partial charge < -0.3 is 4.90 Å². The molecule has 1 aliphatic rings. The van der Waals surface area contributed by atoms with Crippen LogP contribution in [0, 0.1) is 13.8 Å². The summed E-state index contributed by atoms with van der Waals surface area (Å²) >= 11 is 0. The Balaban J connectivity index is 0.000000242. The van der Waals surface area contributed by atoms with Gasteiger partial charge >= 0.3 is 0 Å². The first kappa shape index (κ1) is 28.1. The zero-order valence-electron chi connectivity index (χ0n) is 22.8. The van der Waals surface area contributed by atoms with Crippen molar-refractivity contribution in [2.75, 3.05) is 19.6 Å². The van der Waals surface area contributed by atoms with Crippen LogP contribution in [0.25, 0.3) is 5.57 Å². The minimum atomic E-state index is 0.690. The Kier molecular flexibility index (Phi) is 12.4. The second kappa shape index (κ2) is 15.0. The number of allylic oxidation sites excluding steroid dienone is 2. The molecule has 2 aromatic carbocycles. The number of benzene rings is 2. The van der Waals surface area contributed by atoms with Crippen LogP contribution in [0.2, 0.25) is 0 Å². The van der Waals surface area contributed by atoms with E-state index in [-0.39, 0.29) is 0 Å². The molecule has 1 fully saturated rings. The quantitative estimate of drug-likeness (QED) is 0.239. The van der Waals surface area contributed by atoms with Crippen molar-refractivity contribution in [3.8, 4) is 0 Å². The fourth-order valence-electron chi connectivity index (χ4n) is 4.67. The maximum atomic E-state index is 4.15. The molecule has 0 aromatic heterocycles. The number of aryl methyl sites for hydroxylation is 3. The van der Waals surface area contributed by atoms with Gasteiger partial charge in [0.05, 0.1) is 0 Å². The third-order valence-corrected chi connectivity index (χ3v) is 7.19. The van der Waals surface area contributed by atoms with Crippen molar-refractivity contribution in [2.24, 2.45) is 0 Å². The lowest BCUT2D eigenvalue weighted by Crippen LogP contribution is -2.21. The molecule has 0 bridgehead atoms. The van der Waals surface area contributed by atoms with E-state index in [1.165, 1.54) is 90.7 Å². The summed E-state index contributed by atoms with van der Waals surface area (Å²) in [7, 11) is 0. The van der Waals surface area contributed by atoms with Crippen molar-refractivity contribution in [3.63, 3.8) is 0 Å². The first-order chi connectivity index (χ1) is 16.3. The molecule has 0 spiro atoms. The van der Waals surface area contributed by atoms with E-state index < -0.39 is 0 Å². The summed E-state index contributed by atoms with van der Waals surface area (Å²) in [4.78, 5) is 2.61. The van der Waals surface area contributed by atoms with E-state index in [0.717, 1.165) is 19.3 Å². The molecule has 0 amide bonds. The summed E-state index contributed by atoms with van der Waals surface area (Å²) in [5.74, 6) is 0.690. The molecule has 2 aromatic rings. The predicted molar refractivity (Wildman–Crippen MR) is 153 cm³/mol. The molecule has 1 aliphatic heterocycles. The van der Waals surface area contributed by atoms with Crippen LogP contribution in [-0.2, 0) is 6.42 Å². The summed E-state index contributed by atoms with van der Waals surface area (Å²) < 4.78 is 0. The Morgan fingerprint density at radius 1 is 0.941 bits per heavy atom. The van der Waals surface area contributed by atoms with Crippen LogP contribution in [0.1, 0.15) is 99.5 Å². The normalized spacial score (nSPS) is 14.4. The van der Waals surface area contributed by atoms with Gasteiger partial charge in [-0.1, -0.05) is 74.0 Å². The molecule has 0 radical (unpaired) electrons. The van der Waals surface area contributed by atoms with Gasteiger partial charge in [0.1, 0.15) is 0 Å². The molecule has 1 unspecified atom stereocenters. The smallest absolute Gasteiger partial charge is 0.00130 e. The zero-order valence-corrected chi connectivity index (χ0v) is 22.8. The van der Waals surface area contributed by atoms with Crippen LogP contribution in [0.15, 0.2) is 61.2 Å². The molecule has 0 saturated carbocycles. The number of nitrogens with zero attached hydrogens (tertiary/aromatic N) is 1. The van der Waals surface area contributed by atoms with Crippen molar-refractivity contribution in [1.82, 2.24) is 4.90 Å². The Morgan fingerprint density at radius 3 is 2.18 bits per heavy atom. The van der Waals surface area contributed by atoms with E-state index in [2.05, 4.69) is 95.1 Å². The highest BCUT2D eigenvalue weighted by molar-refractivity contribution is 5.63. The second-order valence-electron chi connectivity index (χ2n) is 10.4. The minimum absolute atomic E-state index is 0.690. The third kappa shape index (κ3) is 10.0. The van der Waals surface area contributed by atoms with E-state index in [9.17, 15) is 0 Å². The number of hydrogen-bond donors (Lipinski definition) is 0. The summed E-state index contributed by atoms with van der Waals surface area (Å²) in [6, 6.07) is 15.7. The molecule has 34 heavy (non-hydrogen) atoms. The third-order valence-electron chi connectivity index (χ3n) is 7.19. The number of likely N-dealkylation sites (tertiary alicyclic amines) is 1. The Labute approximate surface area is 211 Å². The summed E-state index contributed by atoms with van der Waals surface area (Å²) in [6.45, 7) is 23.0. The Bertz CT molecular complexity index is 883. The predicted octanol–water partition coefficient (Wildman–Crippen LogP) is 9.29. The highest BCUT2D eigenvalue weighted by Gasteiger charge is 2.13. The lowest BCUT2D eigenvalue weighted by Gasteiger charge is -2.19. The monoisotopic (exact) mass is 459 g/mol. The molecule has 0 aliphatic carbocycles. The van der Waals surface area contributed by atoms with Crippen molar-refractivity contribution >= 4 is 5.57 Å². The molecule has 186 valence electrons. The van der Waals surface area contributed by atoms with Gasteiger partial charge in [0.15, 0.2) is 0 Å². The Morgan fingerprint density at radius 2 is 1.59 bits per heavy atom. The van der Waals surface area contributed by atoms with Crippen molar-refractivity contribution in [2.45, 2.75) is 91.9 Å². The molecular formula is C33H49N.